The average molecular weight is 208 g/mol. The van der Waals surface area contributed by atoms with Gasteiger partial charge in [-0.1, -0.05) is 30.3 Å². The van der Waals surface area contributed by atoms with Crippen molar-refractivity contribution >= 4 is 5.91 Å². The average Bonchev–Trinajstić information content (AvgIpc) is 2.25. The van der Waals surface area contributed by atoms with Crippen molar-refractivity contribution in [2.24, 2.45) is 5.73 Å². The first-order valence-corrected chi connectivity index (χ1v) is 4.74. The molecule has 1 aromatic rings. The third-order valence-corrected chi connectivity index (χ3v) is 2.00. The number of rotatable bonds is 6. The maximum Gasteiger partial charge on any atom is 0.236 e. The summed E-state index contributed by atoms with van der Waals surface area (Å²) in [6.45, 7) is 0. The minimum Gasteiger partial charge on any atom is -0.368 e. The number of amides is 1. The minimum absolute atomic E-state index is 0.387. The van der Waals surface area contributed by atoms with Crippen LogP contribution in [0.2, 0.25) is 0 Å². The fourth-order valence-corrected chi connectivity index (χ4v) is 1.23. The molecule has 5 heteroatoms. The van der Waals surface area contributed by atoms with Gasteiger partial charge in [-0.3, -0.25) is 4.79 Å². The molecule has 0 radical (unpaired) electrons. The summed E-state index contributed by atoms with van der Waals surface area (Å²) in [6, 6.07) is 9.27. The molecule has 0 aromatic heterocycles. The number of nitrogens with one attached hydrogen (secondary N) is 3. The molecule has 1 aromatic carbocycles. The highest BCUT2D eigenvalue weighted by Crippen LogP contribution is 2.02. The van der Waals surface area contributed by atoms with E-state index < -0.39 is 6.04 Å². The van der Waals surface area contributed by atoms with Crippen LogP contribution in [0.5, 0.6) is 0 Å². The summed E-state index contributed by atoms with van der Waals surface area (Å²) in [7, 11) is 1.70. The summed E-state index contributed by atoms with van der Waals surface area (Å²) in [5.41, 5.74) is 14.4. The number of primary amides is 1. The van der Waals surface area contributed by atoms with E-state index in [0.29, 0.717) is 6.42 Å². The van der Waals surface area contributed by atoms with Gasteiger partial charge in [0.1, 0.15) is 6.04 Å². The Morgan fingerprint density at radius 3 is 2.60 bits per heavy atom. The summed E-state index contributed by atoms with van der Waals surface area (Å²) in [6.07, 6.45) is 0.560. The molecular weight excluding hydrogens is 192 g/mol. The van der Waals surface area contributed by atoms with E-state index in [4.69, 9.17) is 5.73 Å². The quantitative estimate of drug-likeness (QED) is 0.467. The van der Waals surface area contributed by atoms with Gasteiger partial charge in [0.05, 0.1) is 0 Å². The van der Waals surface area contributed by atoms with Crippen molar-refractivity contribution in [2.75, 3.05) is 7.05 Å². The van der Waals surface area contributed by atoms with Crippen LogP contribution in [-0.4, -0.2) is 19.0 Å². The Balaban J connectivity index is 2.55. The normalized spacial score (nSPS) is 12.3. The number of carbonyl (C=O) groups is 1. The zero-order valence-electron chi connectivity index (χ0n) is 8.66. The summed E-state index contributed by atoms with van der Waals surface area (Å²) in [5, 5.41) is 0. The van der Waals surface area contributed by atoms with Crippen molar-refractivity contribution < 1.29 is 4.79 Å². The molecule has 1 amide bonds. The second-order valence-corrected chi connectivity index (χ2v) is 3.16. The molecule has 0 heterocycles. The lowest BCUT2D eigenvalue weighted by Crippen LogP contribution is -2.53. The maximum atomic E-state index is 11.1. The Morgan fingerprint density at radius 1 is 1.40 bits per heavy atom. The monoisotopic (exact) mass is 208 g/mol. The predicted octanol–water partition coefficient (Wildman–Crippen LogP) is -0.688. The fourth-order valence-electron chi connectivity index (χ4n) is 1.23. The zero-order chi connectivity index (χ0) is 11.1. The Morgan fingerprint density at radius 2 is 2.07 bits per heavy atom. The molecule has 0 bridgehead atoms. The molecule has 5 N–H and O–H groups in total. The van der Waals surface area contributed by atoms with Gasteiger partial charge in [0.2, 0.25) is 5.91 Å². The summed E-state index contributed by atoms with van der Waals surface area (Å²) < 4.78 is 0. The molecule has 0 aliphatic rings. The van der Waals surface area contributed by atoms with Gasteiger partial charge in [0.15, 0.2) is 0 Å². The summed E-state index contributed by atoms with van der Waals surface area (Å²) >= 11 is 0. The molecule has 0 fully saturated rings. The molecule has 1 unspecified atom stereocenters. The highest BCUT2D eigenvalue weighted by atomic mass is 16.1. The van der Waals surface area contributed by atoms with E-state index in [1.54, 1.807) is 7.05 Å². The van der Waals surface area contributed by atoms with Crippen molar-refractivity contribution in [3.8, 4) is 0 Å². The minimum atomic E-state index is -0.431. The molecule has 1 rings (SSSR count). The summed E-state index contributed by atoms with van der Waals surface area (Å²) in [4.78, 5) is 11.1. The van der Waals surface area contributed by atoms with E-state index in [-0.39, 0.29) is 5.91 Å². The number of nitrogens with two attached hydrogens (primary N) is 1. The number of hydrogen-bond donors (Lipinski definition) is 4. The second kappa shape index (κ2) is 6.13. The number of hydrazine groups is 2. The van der Waals surface area contributed by atoms with E-state index in [1.807, 2.05) is 30.3 Å². The van der Waals surface area contributed by atoms with Crippen molar-refractivity contribution in [3.05, 3.63) is 35.9 Å². The second-order valence-electron chi connectivity index (χ2n) is 3.16. The first kappa shape index (κ1) is 11.6. The van der Waals surface area contributed by atoms with Crippen molar-refractivity contribution in [2.45, 2.75) is 12.5 Å². The number of hydrogen-bond acceptors (Lipinski definition) is 4. The van der Waals surface area contributed by atoms with Crippen LogP contribution in [0.1, 0.15) is 5.56 Å². The van der Waals surface area contributed by atoms with Crippen LogP contribution in [0.25, 0.3) is 0 Å². The van der Waals surface area contributed by atoms with Gasteiger partial charge in [0.25, 0.3) is 0 Å². The van der Waals surface area contributed by atoms with E-state index in [2.05, 4.69) is 16.4 Å². The highest BCUT2D eigenvalue weighted by Gasteiger charge is 2.14. The highest BCUT2D eigenvalue weighted by molar-refractivity contribution is 5.80. The van der Waals surface area contributed by atoms with Gasteiger partial charge in [0, 0.05) is 0 Å². The summed E-state index contributed by atoms with van der Waals surface area (Å²) in [5.74, 6) is -0.387. The lowest BCUT2D eigenvalue weighted by Gasteiger charge is -2.15. The van der Waals surface area contributed by atoms with Crippen LogP contribution in [0, 0.1) is 0 Å². The van der Waals surface area contributed by atoms with E-state index >= 15 is 0 Å². The van der Waals surface area contributed by atoms with Crippen LogP contribution < -0.4 is 22.1 Å². The lowest BCUT2D eigenvalue weighted by molar-refractivity contribution is -0.120. The Kier molecular flexibility index (Phi) is 4.76. The fraction of sp³-hybridized carbons (Fsp3) is 0.300. The molecule has 0 saturated heterocycles. The number of carbonyl (C=O) groups excluding carboxylic acids is 1. The van der Waals surface area contributed by atoms with Crippen LogP contribution in [0.4, 0.5) is 0 Å². The smallest absolute Gasteiger partial charge is 0.236 e. The molecule has 1 atom stereocenters. The van der Waals surface area contributed by atoms with Gasteiger partial charge in [-0.25, -0.2) is 10.9 Å². The zero-order valence-corrected chi connectivity index (χ0v) is 8.66. The molecule has 15 heavy (non-hydrogen) atoms. The first-order chi connectivity index (χ1) is 7.24. The Bertz CT molecular complexity index is 302. The molecular formula is C10H16N4O. The van der Waals surface area contributed by atoms with Crippen LogP contribution in [-0.2, 0) is 11.2 Å². The van der Waals surface area contributed by atoms with Crippen LogP contribution in [0.3, 0.4) is 0 Å². The van der Waals surface area contributed by atoms with Gasteiger partial charge in [-0.2, -0.15) is 5.53 Å². The van der Waals surface area contributed by atoms with Gasteiger partial charge in [-0.15, -0.1) is 0 Å². The van der Waals surface area contributed by atoms with E-state index in [9.17, 15) is 4.79 Å². The molecule has 0 aliphatic carbocycles. The first-order valence-electron chi connectivity index (χ1n) is 4.74. The van der Waals surface area contributed by atoms with Crippen LogP contribution >= 0.6 is 0 Å². The van der Waals surface area contributed by atoms with E-state index in [0.717, 1.165) is 5.56 Å². The Hall–Kier alpha value is -1.43. The SMILES string of the molecule is CNNNC(Cc1ccccc1)C(N)=O. The number of benzene rings is 1. The van der Waals surface area contributed by atoms with Crippen molar-refractivity contribution in [1.82, 2.24) is 16.4 Å². The standard InChI is InChI=1S/C10H16N4O/c1-12-14-13-9(10(11)15)7-8-5-3-2-4-6-8/h2-6,9,12-14H,7H2,1H3,(H2,11,15). The molecule has 0 aliphatic heterocycles. The van der Waals surface area contributed by atoms with Gasteiger partial charge in [-0.05, 0) is 19.0 Å². The van der Waals surface area contributed by atoms with Gasteiger partial charge < -0.3 is 5.73 Å². The molecule has 0 spiro atoms. The lowest BCUT2D eigenvalue weighted by atomic mass is 10.1. The maximum absolute atomic E-state index is 11.1. The van der Waals surface area contributed by atoms with Gasteiger partial charge >= 0.3 is 0 Å². The molecule has 82 valence electrons. The largest absolute Gasteiger partial charge is 0.368 e. The van der Waals surface area contributed by atoms with Crippen molar-refractivity contribution in [1.29, 1.82) is 0 Å². The molecule has 0 saturated carbocycles. The third-order valence-electron chi connectivity index (χ3n) is 2.00. The van der Waals surface area contributed by atoms with E-state index in [1.165, 1.54) is 0 Å². The molecule has 5 nitrogen and oxygen atoms in total. The topological polar surface area (TPSA) is 79.2 Å². The Labute approximate surface area is 89.0 Å². The van der Waals surface area contributed by atoms with Crippen LogP contribution in [0.15, 0.2) is 30.3 Å². The van der Waals surface area contributed by atoms with Crippen molar-refractivity contribution in [3.63, 3.8) is 0 Å². The third kappa shape index (κ3) is 4.07. The predicted molar refractivity (Wildman–Crippen MR) is 58.5 cm³/mol.